The van der Waals surface area contributed by atoms with E-state index in [0.29, 0.717) is 0 Å². The molecule has 2 atom stereocenters. The number of carbonyl (C=O) groups is 4. The molecule has 27 heavy (non-hydrogen) atoms. The van der Waals surface area contributed by atoms with E-state index in [4.69, 9.17) is 18.9 Å². The number of amides is 2. The van der Waals surface area contributed by atoms with Gasteiger partial charge in [-0.3, -0.25) is 0 Å². The Morgan fingerprint density at radius 3 is 1.81 bits per heavy atom. The second kappa shape index (κ2) is 12.3. The van der Waals surface area contributed by atoms with Crippen molar-refractivity contribution < 1.29 is 38.1 Å². The van der Waals surface area contributed by atoms with Gasteiger partial charge in [-0.15, -0.1) is 0 Å². The van der Waals surface area contributed by atoms with Gasteiger partial charge in [0, 0.05) is 11.1 Å². The number of esters is 2. The molecule has 2 unspecified atom stereocenters. The molecule has 0 fully saturated rings. The summed E-state index contributed by atoms with van der Waals surface area (Å²) in [5, 5.41) is 4.67. The van der Waals surface area contributed by atoms with Gasteiger partial charge in [0.15, 0.2) is 0 Å². The van der Waals surface area contributed by atoms with Crippen molar-refractivity contribution in [2.45, 2.75) is 40.0 Å². The molecule has 0 aliphatic heterocycles. The smallest absolute Gasteiger partial charge is 0.408 e. The molecule has 0 bridgehead atoms. The van der Waals surface area contributed by atoms with Gasteiger partial charge >= 0.3 is 24.1 Å². The minimum Gasteiger partial charge on any atom is -0.459 e. The normalized spacial score (nSPS) is 12.0. The first-order chi connectivity index (χ1) is 12.5. The van der Waals surface area contributed by atoms with Crippen LogP contribution in [-0.4, -0.2) is 56.2 Å². The zero-order valence-electron chi connectivity index (χ0n) is 16.0. The van der Waals surface area contributed by atoms with Crippen LogP contribution in [0.5, 0.6) is 0 Å². The Bertz CT molecular complexity index is 587. The number of ether oxygens (including phenoxy) is 4. The summed E-state index contributed by atoms with van der Waals surface area (Å²) in [5.41, 5.74) is 0.469. The van der Waals surface area contributed by atoms with Crippen LogP contribution < -0.4 is 10.6 Å². The number of hydrogen-bond donors (Lipinski definition) is 2. The SMILES string of the molecule is C=C(C)C(=O)OCCOC(=O)NC(C)NC(=O)OCC(C)OC(=O)C(=C)C. The second-order valence-electron chi connectivity index (χ2n) is 5.66. The summed E-state index contributed by atoms with van der Waals surface area (Å²) in [7, 11) is 0. The predicted molar refractivity (Wildman–Crippen MR) is 94.6 cm³/mol. The highest BCUT2D eigenvalue weighted by atomic mass is 16.6. The third-order valence-corrected chi connectivity index (χ3v) is 2.67. The van der Waals surface area contributed by atoms with Crippen molar-refractivity contribution in [3.63, 3.8) is 0 Å². The van der Waals surface area contributed by atoms with Gasteiger partial charge in [0.1, 0.15) is 32.1 Å². The van der Waals surface area contributed by atoms with E-state index < -0.39 is 36.4 Å². The molecule has 2 N–H and O–H groups in total. The summed E-state index contributed by atoms with van der Waals surface area (Å²) in [6.45, 7) is 12.4. The Morgan fingerprint density at radius 2 is 1.30 bits per heavy atom. The van der Waals surface area contributed by atoms with Crippen LogP contribution >= 0.6 is 0 Å². The van der Waals surface area contributed by atoms with Crippen LogP contribution in [0.25, 0.3) is 0 Å². The van der Waals surface area contributed by atoms with Crippen LogP contribution in [0.1, 0.15) is 27.7 Å². The van der Waals surface area contributed by atoms with E-state index in [1.165, 1.54) is 20.8 Å². The lowest BCUT2D eigenvalue weighted by Crippen LogP contribution is -2.46. The van der Waals surface area contributed by atoms with Gasteiger partial charge in [0.2, 0.25) is 0 Å². The molecule has 0 aromatic rings. The first-order valence-electron chi connectivity index (χ1n) is 8.08. The van der Waals surface area contributed by atoms with Crippen LogP contribution in [0.15, 0.2) is 24.3 Å². The molecule has 10 nitrogen and oxygen atoms in total. The number of rotatable bonds is 10. The van der Waals surface area contributed by atoms with Gasteiger partial charge in [-0.05, 0) is 27.7 Å². The molecular weight excluding hydrogens is 360 g/mol. The molecule has 0 rings (SSSR count). The molecule has 0 aromatic heterocycles. The van der Waals surface area contributed by atoms with Crippen molar-refractivity contribution in [3.05, 3.63) is 24.3 Å². The third-order valence-electron chi connectivity index (χ3n) is 2.67. The average Bonchev–Trinajstić information content (AvgIpc) is 2.56. The maximum atomic E-state index is 11.6. The zero-order valence-corrected chi connectivity index (χ0v) is 16.0. The molecule has 2 amide bonds. The van der Waals surface area contributed by atoms with E-state index in [1.807, 2.05) is 0 Å². The number of nitrogens with one attached hydrogen (secondary N) is 2. The fraction of sp³-hybridized carbons (Fsp3) is 0.529. The van der Waals surface area contributed by atoms with Gasteiger partial charge < -0.3 is 29.6 Å². The first kappa shape index (κ1) is 24.0. The molecule has 0 aliphatic rings. The highest BCUT2D eigenvalue weighted by Crippen LogP contribution is 1.99. The van der Waals surface area contributed by atoms with Gasteiger partial charge in [0.05, 0.1) is 0 Å². The number of alkyl carbamates (subject to hydrolysis) is 2. The van der Waals surface area contributed by atoms with Gasteiger partial charge in [-0.1, -0.05) is 13.2 Å². The van der Waals surface area contributed by atoms with Crippen molar-refractivity contribution in [1.82, 2.24) is 10.6 Å². The summed E-state index contributed by atoms with van der Waals surface area (Å²) in [6.07, 6.45) is -3.10. The average molecular weight is 386 g/mol. The standard InChI is InChI=1S/C17H26N2O8/c1-10(2)14(20)24-7-8-25-16(22)18-13(6)19-17(23)26-9-12(5)27-15(21)11(3)4/h12-13H,1,3,7-9H2,2,4-6H3,(H,18,22)(H,19,23). The molecule has 0 saturated heterocycles. The van der Waals surface area contributed by atoms with E-state index in [2.05, 4.69) is 23.8 Å². The third kappa shape index (κ3) is 12.0. The molecule has 0 radical (unpaired) electrons. The minimum absolute atomic E-state index is 0.121. The Hall–Kier alpha value is -3.04. The Morgan fingerprint density at radius 1 is 0.815 bits per heavy atom. The van der Waals surface area contributed by atoms with E-state index in [0.717, 1.165) is 0 Å². The van der Waals surface area contributed by atoms with Crippen molar-refractivity contribution >= 4 is 24.1 Å². The van der Waals surface area contributed by atoms with Crippen molar-refractivity contribution in [2.75, 3.05) is 19.8 Å². The van der Waals surface area contributed by atoms with E-state index in [1.54, 1.807) is 6.92 Å². The summed E-state index contributed by atoms with van der Waals surface area (Å²) in [4.78, 5) is 45.5. The predicted octanol–water partition coefficient (Wildman–Crippen LogP) is 1.41. The van der Waals surface area contributed by atoms with E-state index in [-0.39, 0.29) is 31.0 Å². The number of hydrogen-bond acceptors (Lipinski definition) is 8. The molecule has 0 spiro atoms. The number of carbonyl (C=O) groups excluding carboxylic acids is 4. The highest BCUT2D eigenvalue weighted by molar-refractivity contribution is 5.87. The lowest BCUT2D eigenvalue weighted by atomic mass is 10.3. The summed E-state index contributed by atoms with van der Waals surface area (Å²) in [6, 6.07) is 0. The quantitative estimate of drug-likeness (QED) is 0.190. The Labute approximate surface area is 157 Å². The van der Waals surface area contributed by atoms with Crippen LogP contribution in [0.2, 0.25) is 0 Å². The maximum absolute atomic E-state index is 11.6. The second-order valence-corrected chi connectivity index (χ2v) is 5.66. The van der Waals surface area contributed by atoms with Crippen molar-refractivity contribution in [3.8, 4) is 0 Å². The highest BCUT2D eigenvalue weighted by Gasteiger charge is 2.15. The van der Waals surface area contributed by atoms with Gasteiger partial charge in [-0.2, -0.15) is 0 Å². The van der Waals surface area contributed by atoms with Crippen molar-refractivity contribution in [2.24, 2.45) is 0 Å². The molecule has 10 heteroatoms. The Balaban J connectivity index is 3.97. The van der Waals surface area contributed by atoms with Crippen LogP contribution in [0.3, 0.4) is 0 Å². The first-order valence-corrected chi connectivity index (χ1v) is 8.08. The van der Waals surface area contributed by atoms with Crippen LogP contribution in [-0.2, 0) is 28.5 Å². The molecule has 0 aliphatic carbocycles. The molecule has 0 aromatic carbocycles. The summed E-state index contributed by atoms with van der Waals surface area (Å²) < 4.78 is 19.3. The van der Waals surface area contributed by atoms with Gasteiger partial charge in [-0.25, -0.2) is 19.2 Å². The van der Waals surface area contributed by atoms with Crippen LogP contribution in [0, 0.1) is 0 Å². The van der Waals surface area contributed by atoms with Crippen molar-refractivity contribution in [1.29, 1.82) is 0 Å². The monoisotopic (exact) mass is 386 g/mol. The zero-order chi connectivity index (χ0) is 21.0. The fourth-order valence-electron chi connectivity index (χ4n) is 1.38. The lowest BCUT2D eigenvalue weighted by Gasteiger charge is -2.17. The van der Waals surface area contributed by atoms with E-state index in [9.17, 15) is 19.2 Å². The fourth-order valence-corrected chi connectivity index (χ4v) is 1.38. The molecule has 152 valence electrons. The van der Waals surface area contributed by atoms with Crippen LogP contribution in [0.4, 0.5) is 9.59 Å². The molecule has 0 saturated carbocycles. The molecular formula is C17H26N2O8. The Kier molecular flexibility index (Phi) is 10.9. The summed E-state index contributed by atoms with van der Waals surface area (Å²) in [5.74, 6) is -1.17. The van der Waals surface area contributed by atoms with E-state index >= 15 is 0 Å². The molecule has 0 heterocycles. The summed E-state index contributed by atoms with van der Waals surface area (Å²) >= 11 is 0. The topological polar surface area (TPSA) is 129 Å². The lowest BCUT2D eigenvalue weighted by molar-refractivity contribution is -0.145. The van der Waals surface area contributed by atoms with Gasteiger partial charge in [0.25, 0.3) is 0 Å². The maximum Gasteiger partial charge on any atom is 0.408 e. The minimum atomic E-state index is -0.823. The largest absolute Gasteiger partial charge is 0.459 e.